The summed E-state index contributed by atoms with van der Waals surface area (Å²) in [5.41, 5.74) is 0.560. The van der Waals surface area contributed by atoms with Gasteiger partial charge in [0.1, 0.15) is 0 Å². The number of hydrogen-bond acceptors (Lipinski definition) is 6. The van der Waals surface area contributed by atoms with Gasteiger partial charge in [0.05, 0.1) is 12.4 Å². The predicted octanol–water partition coefficient (Wildman–Crippen LogP) is 2.32. The van der Waals surface area contributed by atoms with Crippen LogP contribution in [-0.4, -0.2) is 35.4 Å². The van der Waals surface area contributed by atoms with Crippen LogP contribution in [-0.2, 0) is 9.59 Å². The number of carbonyl (C=O) groups is 2. The molecule has 0 radical (unpaired) electrons. The lowest BCUT2D eigenvalue weighted by molar-refractivity contribution is -0.126. The Morgan fingerprint density at radius 3 is 2.83 bits per heavy atom. The second-order valence-electron chi connectivity index (χ2n) is 4.34. The number of allylic oxidation sites excluding steroid dienone is 4. The maximum Gasteiger partial charge on any atom is 0.269 e. The van der Waals surface area contributed by atoms with Crippen LogP contribution < -0.4 is 0 Å². The van der Waals surface area contributed by atoms with Gasteiger partial charge in [0, 0.05) is 43.0 Å². The van der Waals surface area contributed by atoms with Crippen molar-refractivity contribution in [3.8, 4) is 0 Å². The van der Waals surface area contributed by atoms with Gasteiger partial charge in [-0.1, -0.05) is 12.2 Å². The molecule has 0 aromatic rings. The summed E-state index contributed by atoms with van der Waals surface area (Å²) in [5.74, 6) is -0.652. The third kappa shape index (κ3) is 5.68. The zero-order valence-electron chi connectivity index (χ0n) is 12.6. The fourth-order valence-electron chi connectivity index (χ4n) is 1.67. The molecule has 2 amide bonds. The highest BCUT2D eigenvalue weighted by molar-refractivity contribution is 6.19. The molecule has 0 fully saturated rings. The van der Waals surface area contributed by atoms with E-state index in [0.29, 0.717) is 5.70 Å². The van der Waals surface area contributed by atoms with Crippen molar-refractivity contribution < 1.29 is 9.59 Å². The topological polar surface area (TPSA) is 99.2 Å². The number of rotatable bonds is 0. The standard InChI is InChI=1S/C16H14N6O2/c23-15-5-1-4-14-7-10-17-8-3-13-22(14)16(24)6-2-9-19-21-20-12-11-18-15/h1-5,7-13H,6H2. The molecule has 120 valence electrons. The van der Waals surface area contributed by atoms with Crippen molar-refractivity contribution in [2.24, 2.45) is 25.4 Å². The molecule has 0 atom stereocenters. The van der Waals surface area contributed by atoms with Crippen LogP contribution in [0.4, 0.5) is 0 Å². The third-order valence-electron chi connectivity index (χ3n) is 2.69. The van der Waals surface area contributed by atoms with E-state index in [0.717, 1.165) is 0 Å². The number of fused-ring (bicyclic) bond motifs is 1. The van der Waals surface area contributed by atoms with Crippen LogP contribution in [0.15, 0.2) is 86.2 Å². The van der Waals surface area contributed by atoms with E-state index in [2.05, 4.69) is 25.4 Å². The normalized spacial score (nSPS) is 18.5. The smallest absolute Gasteiger partial charge is 0.269 e. The fourth-order valence-corrected chi connectivity index (χ4v) is 1.67. The minimum Gasteiger partial charge on any atom is -0.288 e. The Bertz CT molecular complexity index is 751. The molecule has 0 aromatic carbocycles. The summed E-state index contributed by atoms with van der Waals surface area (Å²) in [6.07, 6.45) is 18.0. The molecular formula is C16H14N6O2. The Labute approximate surface area is 138 Å². The van der Waals surface area contributed by atoms with E-state index in [1.54, 1.807) is 42.9 Å². The molecule has 2 aliphatic rings. The molecule has 24 heavy (non-hydrogen) atoms. The summed E-state index contributed by atoms with van der Waals surface area (Å²) in [6.45, 7) is 0. The van der Waals surface area contributed by atoms with Gasteiger partial charge in [-0.05, 0) is 23.5 Å². The van der Waals surface area contributed by atoms with Crippen LogP contribution in [0.5, 0.6) is 0 Å². The molecule has 8 heteroatoms. The number of nitrogens with zero attached hydrogens (tertiary/aromatic N) is 6. The molecule has 0 N–H and O–H groups in total. The van der Waals surface area contributed by atoms with Gasteiger partial charge in [0.25, 0.3) is 5.91 Å². The summed E-state index contributed by atoms with van der Waals surface area (Å²) in [6, 6.07) is 0. The van der Waals surface area contributed by atoms with Gasteiger partial charge in [0.15, 0.2) is 0 Å². The number of carbonyl (C=O) groups excluding carboxylic acids is 2. The van der Waals surface area contributed by atoms with Crippen LogP contribution in [0, 0.1) is 0 Å². The number of hydrogen-bond donors (Lipinski definition) is 0. The van der Waals surface area contributed by atoms with Gasteiger partial charge in [-0.2, -0.15) is 0 Å². The Morgan fingerprint density at radius 2 is 1.92 bits per heavy atom. The van der Waals surface area contributed by atoms with Crippen LogP contribution in [0.2, 0.25) is 0 Å². The highest BCUT2D eigenvalue weighted by atomic mass is 16.2. The molecule has 2 rings (SSSR count). The van der Waals surface area contributed by atoms with Crippen LogP contribution in [0.25, 0.3) is 0 Å². The summed E-state index contributed by atoms with van der Waals surface area (Å²) >= 11 is 0. The van der Waals surface area contributed by atoms with Gasteiger partial charge in [0.2, 0.25) is 5.91 Å². The van der Waals surface area contributed by atoms with Crippen molar-refractivity contribution in [3.63, 3.8) is 0 Å². The molecule has 0 bridgehead atoms. The first-order chi connectivity index (χ1) is 11.8. The molecule has 0 unspecified atom stereocenters. The minimum absolute atomic E-state index is 0.125. The van der Waals surface area contributed by atoms with Gasteiger partial charge in [-0.25, -0.2) is 4.99 Å². The summed E-state index contributed by atoms with van der Waals surface area (Å²) in [5, 5.41) is 10.7. The number of amides is 2. The largest absolute Gasteiger partial charge is 0.288 e. The summed E-state index contributed by atoms with van der Waals surface area (Å²) in [4.78, 5) is 33.0. The SMILES string of the molecule is O=C1C=CC=C2C=CN=CC=CN2C(=O)CC=CN=NN=CC=N1. The molecule has 8 nitrogen and oxygen atoms in total. The van der Waals surface area contributed by atoms with Crippen molar-refractivity contribution in [3.05, 3.63) is 60.8 Å². The average molecular weight is 322 g/mol. The Hall–Kier alpha value is -3.55. The molecule has 0 aliphatic carbocycles. The van der Waals surface area contributed by atoms with Gasteiger partial charge < -0.3 is 0 Å². The van der Waals surface area contributed by atoms with Crippen LogP contribution >= 0.6 is 0 Å². The van der Waals surface area contributed by atoms with Gasteiger partial charge >= 0.3 is 0 Å². The number of aliphatic imine (C=N–C) groups is 2. The van der Waals surface area contributed by atoms with Crippen LogP contribution in [0.3, 0.4) is 0 Å². The predicted molar refractivity (Wildman–Crippen MR) is 91.4 cm³/mol. The third-order valence-corrected chi connectivity index (χ3v) is 2.69. The van der Waals surface area contributed by atoms with E-state index in [1.165, 1.54) is 35.7 Å². The Kier molecular flexibility index (Phi) is 6.63. The summed E-state index contributed by atoms with van der Waals surface area (Å²) in [7, 11) is 0. The molecule has 0 saturated heterocycles. The molecular weight excluding hydrogens is 308 g/mol. The molecule has 0 spiro atoms. The molecule has 2 aliphatic heterocycles. The van der Waals surface area contributed by atoms with Crippen LogP contribution in [0.1, 0.15) is 6.42 Å². The van der Waals surface area contributed by atoms with Crippen molar-refractivity contribution >= 4 is 30.5 Å². The second kappa shape index (κ2) is 9.46. The van der Waals surface area contributed by atoms with E-state index in [4.69, 9.17) is 0 Å². The molecule has 0 aromatic heterocycles. The van der Waals surface area contributed by atoms with Gasteiger partial charge in [-0.3, -0.25) is 19.5 Å². The highest BCUT2D eigenvalue weighted by Crippen LogP contribution is 2.12. The first-order valence-corrected chi connectivity index (χ1v) is 6.99. The Morgan fingerprint density at radius 1 is 1.00 bits per heavy atom. The summed E-state index contributed by atoms with van der Waals surface area (Å²) < 4.78 is 0. The van der Waals surface area contributed by atoms with Gasteiger partial charge in [-0.15, -0.1) is 10.2 Å². The van der Waals surface area contributed by atoms with E-state index in [9.17, 15) is 9.59 Å². The van der Waals surface area contributed by atoms with Crippen molar-refractivity contribution in [2.45, 2.75) is 6.42 Å². The maximum absolute atomic E-state index is 12.4. The first-order valence-electron chi connectivity index (χ1n) is 6.99. The highest BCUT2D eigenvalue weighted by Gasteiger charge is 2.12. The van der Waals surface area contributed by atoms with E-state index < -0.39 is 5.91 Å². The monoisotopic (exact) mass is 322 g/mol. The molecule has 0 saturated carbocycles. The maximum atomic E-state index is 12.4. The lowest BCUT2D eigenvalue weighted by Crippen LogP contribution is -2.24. The van der Waals surface area contributed by atoms with E-state index >= 15 is 0 Å². The van der Waals surface area contributed by atoms with Crippen molar-refractivity contribution in [1.82, 2.24) is 4.90 Å². The fraction of sp³-hybridized carbons (Fsp3) is 0.0625. The lowest BCUT2D eigenvalue weighted by Gasteiger charge is -2.19. The molecule has 2 heterocycles. The quantitative estimate of drug-likeness (QED) is 0.683. The minimum atomic E-state index is -0.469. The second-order valence-corrected chi connectivity index (χ2v) is 4.34. The average Bonchev–Trinajstić information content (AvgIpc) is 2.54. The van der Waals surface area contributed by atoms with E-state index in [-0.39, 0.29) is 12.3 Å². The van der Waals surface area contributed by atoms with Crippen molar-refractivity contribution in [1.29, 1.82) is 0 Å². The zero-order valence-corrected chi connectivity index (χ0v) is 12.6. The first kappa shape index (κ1) is 16.8. The van der Waals surface area contributed by atoms with Crippen molar-refractivity contribution in [2.75, 3.05) is 0 Å². The zero-order chi connectivity index (χ0) is 17.0. The Balaban J connectivity index is 2.35. The lowest BCUT2D eigenvalue weighted by atomic mass is 10.2. The van der Waals surface area contributed by atoms with E-state index in [1.807, 2.05) is 0 Å².